The average molecular weight is 380 g/mol. The Balaban J connectivity index is 1.73. The lowest BCUT2D eigenvalue weighted by molar-refractivity contribution is 0.0766. The van der Waals surface area contributed by atoms with Gasteiger partial charge in [-0.3, -0.25) is 9.59 Å². The molecule has 0 aliphatic carbocycles. The number of rotatable bonds is 4. The third-order valence-electron chi connectivity index (χ3n) is 4.88. The highest BCUT2D eigenvalue weighted by molar-refractivity contribution is 7.21. The first kappa shape index (κ1) is 17.7. The fourth-order valence-electron chi connectivity index (χ4n) is 3.44. The van der Waals surface area contributed by atoms with Crippen LogP contribution in [0.5, 0.6) is 0 Å². The van der Waals surface area contributed by atoms with Crippen molar-refractivity contribution in [3.8, 4) is 11.1 Å². The molecule has 6 heteroatoms. The van der Waals surface area contributed by atoms with Crippen LogP contribution in [0.4, 0.5) is 0 Å². The highest BCUT2D eigenvalue weighted by Gasteiger charge is 2.22. The molecule has 2 heterocycles. The Morgan fingerprint density at radius 3 is 2.85 bits per heavy atom. The van der Waals surface area contributed by atoms with E-state index in [0.29, 0.717) is 18.7 Å². The maximum absolute atomic E-state index is 12.5. The zero-order valence-corrected chi connectivity index (χ0v) is 15.8. The fourth-order valence-corrected chi connectivity index (χ4v) is 4.59. The van der Waals surface area contributed by atoms with Crippen LogP contribution in [0.1, 0.15) is 25.6 Å². The maximum Gasteiger partial charge on any atom is 0.261 e. The van der Waals surface area contributed by atoms with Gasteiger partial charge in [0.05, 0.1) is 11.5 Å². The molecular formula is C21H20N2O3S. The molecule has 2 N–H and O–H groups in total. The van der Waals surface area contributed by atoms with Crippen LogP contribution in [0, 0.1) is 0 Å². The van der Waals surface area contributed by atoms with Crippen molar-refractivity contribution in [1.29, 1.82) is 0 Å². The first-order valence-electron chi connectivity index (χ1n) is 8.89. The van der Waals surface area contributed by atoms with Gasteiger partial charge in [-0.1, -0.05) is 18.2 Å². The summed E-state index contributed by atoms with van der Waals surface area (Å²) in [6.45, 7) is 0.913. The van der Waals surface area contributed by atoms with Crippen molar-refractivity contribution in [3.05, 3.63) is 58.5 Å². The fraction of sp³-hybridized carbons (Fsp3) is 0.238. The lowest BCUT2D eigenvalue weighted by Crippen LogP contribution is -2.30. The zero-order valence-electron chi connectivity index (χ0n) is 15.0. The largest absolute Gasteiger partial charge is 0.395 e. The minimum Gasteiger partial charge on any atom is -0.395 e. The van der Waals surface area contributed by atoms with Crippen molar-refractivity contribution < 1.29 is 14.7 Å². The highest BCUT2D eigenvalue weighted by atomic mass is 32.1. The number of likely N-dealkylation sites (N-methyl/N-ethyl adjacent to an activating group) is 1. The van der Waals surface area contributed by atoms with Gasteiger partial charge in [0.2, 0.25) is 0 Å². The lowest BCUT2D eigenvalue weighted by Gasteiger charge is -2.16. The van der Waals surface area contributed by atoms with Gasteiger partial charge >= 0.3 is 0 Å². The highest BCUT2D eigenvalue weighted by Crippen LogP contribution is 2.36. The summed E-state index contributed by atoms with van der Waals surface area (Å²) in [5.74, 6) is -0.102. The molecule has 1 aliphatic heterocycles. The molecule has 0 saturated heterocycles. The number of fused-ring (bicyclic) bond motifs is 3. The zero-order chi connectivity index (χ0) is 19.0. The van der Waals surface area contributed by atoms with E-state index in [1.807, 2.05) is 30.3 Å². The van der Waals surface area contributed by atoms with Crippen LogP contribution in [-0.4, -0.2) is 48.6 Å². The van der Waals surface area contributed by atoms with E-state index in [0.717, 1.165) is 38.1 Å². The summed E-state index contributed by atoms with van der Waals surface area (Å²) in [6, 6.07) is 13.7. The Kier molecular flexibility index (Phi) is 4.68. The quantitative estimate of drug-likeness (QED) is 0.731. The summed E-state index contributed by atoms with van der Waals surface area (Å²) in [6.07, 6.45) is 0.842. The van der Waals surface area contributed by atoms with Crippen molar-refractivity contribution in [2.45, 2.75) is 6.42 Å². The Labute approximate surface area is 161 Å². The SMILES string of the molecule is CN(CCO)C(=O)c1cccc(-c2ccc3sc4c(c3c2)CCNC4=O)c1. The van der Waals surface area contributed by atoms with Crippen molar-refractivity contribution in [2.24, 2.45) is 0 Å². The summed E-state index contributed by atoms with van der Waals surface area (Å²) in [7, 11) is 1.68. The molecule has 0 bridgehead atoms. The Hall–Kier alpha value is -2.70. The van der Waals surface area contributed by atoms with E-state index in [9.17, 15) is 9.59 Å². The first-order chi connectivity index (χ1) is 13.1. The smallest absolute Gasteiger partial charge is 0.261 e. The molecule has 0 saturated carbocycles. The Bertz CT molecular complexity index is 1040. The molecule has 4 rings (SSSR count). The van der Waals surface area contributed by atoms with Gasteiger partial charge in [-0.05, 0) is 52.8 Å². The van der Waals surface area contributed by atoms with Gasteiger partial charge < -0.3 is 15.3 Å². The van der Waals surface area contributed by atoms with Crippen LogP contribution in [-0.2, 0) is 6.42 Å². The molecule has 138 valence electrons. The molecule has 1 aromatic heterocycles. The van der Waals surface area contributed by atoms with Crippen molar-refractivity contribution >= 4 is 33.2 Å². The molecule has 0 atom stereocenters. The number of carbonyl (C=O) groups is 2. The van der Waals surface area contributed by atoms with E-state index in [1.54, 1.807) is 13.1 Å². The summed E-state index contributed by atoms with van der Waals surface area (Å²) in [5.41, 5.74) is 3.69. The van der Waals surface area contributed by atoms with Crippen LogP contribution < -0.4 is 5.32 Å². The number of aliphatic hydroxyl groups is 1. The minimum absolute atomic E-state index is 0.0125. The van der Waals surface area contributed by atoms with Crippen molar-refractivity contribution in [2.75, 3.05) is 26.7 Å². The second-order valence-electron chi connectivity index (χ2n) is 6.66. The number of thiophene rings is 1. The van der Waals surface area contributed by atoms with Gasteiger partial charge in [-0.15, -0.1) is 11.3 Å². The third-order valence-corrected chi connectivity index (χ3v) is 6.09. The average Bonchev–Trinajstić information content (AvgIpc) is 3.07. The molecule has 0 spiro atoms. The predicted molar refractivity (Wildman–Crippen MR) is 107 cm³/mol. The summed E-state index contributed by atoms with van der Waals surface area (Å²) in [4.78, 5) is 26.9. The van der Waals surface area contributed by atoms with E-state index in [-0.39, 0.29) is 18.4 Å². The van der Waals surface area contributed by atoms with Gasteiger partial charge in [-0.2, -0.15) is 0 Å². The van der Waals surface area contributed by atoms with E-state index in [1.165, 1.54) is 16.2 Å². The number of nitrogens with one attached hydrogen (secondary N) is 1. The summed E-state index contributed by atoms with van der Waals surface area (Å²) < 4.78 is 1.11. The van der Waals surface area contributed by atoms with Crippen LogP contribution >= 0.6 is 11.3 Å². The number of amides is 2. The van der Waals surface area contributed by atoms with E-state index in [4.69, 9.17) is 5.11 Å². The van der Waals surface area contributed by atoms with E-state index < -0.39 is 0 Å². The van der Waals surface area contributed by atoms with Gasteiger partial charge in [0.1, 0.15) is 0 Å². The molecular weight excluding hydrogens is 360 g/mol. The van der Waals surface area contributed by atoms with Crippen LogP contribution in [0.25, 0.3) is 21.2 Å². The van der Waals surface area contributed by atoms with Gasteiger partial charge in [0, 0.05) is 30.4 Å². The molecule has 27 heavy (non-hydrogen) atoms. The number of benzene rings is 2. The van der Waals surface area contributed by atoms with Crippen molar-refractivity contribution in [1.82, 2.24) is 10.2 Å². The van der Waals surface area contributed by atoms with Crippen LogP contribution in [0.15, 0.2) is 42.5 Å². The normalized spacial score (nSPS) is 13.3. The summed E-state index contributed by atoms with van der Waals surface area (Å²) in [5, 5.41) is 13.1. The number of hydrogen-bond donors (Lipinski definition) is 2. The second kappa shape index (κ2) is 7.13. The van der Waals surface area contributed by atoms with Gasteiger partial charge in [0.25, 0.3) is 11.8 Å². The number of hydrogen-bond acceptors (Lipinski definition) is 4. The molecule has 1 aliphatic rings. The van der Waals surface area contributed by atoms with Gasteiger partial charge in [0.15, 0.2) is 0 Å². The number of aliphatic hydroxyl groups excluding tert-OH is 1. The van der Waals surface area contributed by atoms with Crippen molar-refractivity contribution in [3.63, 3.8) is 0 Å². The Morgan fingerprint density at radius 2 is 2.04 bits per heavy atom. The van der Waals surface area contributed by atoms with E-state index in [2.05, 4.69) is 11.4 Å². The number of carbonyl (C=O) groups excluding carboxylic acids is 2. The lowest BCUT2D eigenvalue weighted by atomic mass is 9.98. The maximum atomic E-state index is 12.5. The third kappa shape index (κ3) is 3.22. The van der Waals surface area contributed by atoms with Crippen LogP contribution in [0.3, 0.4) is 0 Å². The molecule has 2 amide bonds. The first-order valence-corrected chi connectivity index (χ1v) is 9.70. The molecule has 0 radical (unpaired) electrons. The minimum atomic E-state index is -0.114. The number of nitrogens with zero attached hydrogens (tertiary/aromatic N) is 1. The molecule has 3 aromatic rings. The molecule has 0 fully saturated rings. The standard InChI is InChI=1S/C21H20N2O3S/c1-23(9-10-24)21(26)15-4-2-3-13(11-15)14-5-6-18-17(12-14)16-7-8-22-20(25)19(16)27-18/h2-6,11-12,24H,7-10H2,1H3,(H,22,25). The van der Waals surface area contributed by atoms with Gasteiger partial charge in [-0.25, -0.2) is 0 Å². The predicted octanol–water partition coefficient (Wildman–Crippen LogP) is 2.92. The monoisotopic (exact) mass is 380 g/mol. The molecule has 0 unspecified atom stereocenters. The summed E-state index contributed by atoms with van der Waals surface area (Å²) >= 11 is 1.53. The van der Waals surface area contributed by atoms with Crippen LogP contribution in [0.2, 0.25) is 0 Å². The molecule has 2 aromatic carbocycles. The Morgan fingerprint density at radius 1 is 1.22 bits per heavy atom. The van der Waals surface area contributed by atoms with E-state index >= 15 is 0 Å². The second-order valence-corrected chi connectivity index (χ2v) is 7.71. The molecule has 5 nitrogen and oxygen atoms in total. The topological polar surface area (TPSA) is 69.6 Å².